The molecule has 2 aromatic rings. The van der Waals surface area contributed by atoms with Gasteiger partial charge in [-0.2, -0.15) is 5.10 Å². The fourth-order valence-electron chi connectivity index (χ4n) is 7.63. The highest BCUT2D eigenvalue weighted by Crippen LogP contribution is 2.69. The lowest BCUT2D eigenvalue weighted by Crippen LogP contribution is -2.59. The van der Waals surface area contributed by atoms with Crippen molar-refractivity contribution in [2.45, 2.75) is 59.3 Å². The van der Waals surface area contributed by atoms with Crippen LogP contribution in [-0.4, -0.2) is 18.1 Å². The molecule has 2 unspecified atom stereocenters. The highest BCUT2D eigenvalue weighted by molar-refractivity contribution is 5.86. The maximum absolute atomic E-state index is 13.2. The van der Waals surface area contributed by atoms with E-state index in [2.05, 4.69) is 24.4 Å². The van der Waals surface area contributed by atoms with E-state index < -0.39 is 0 Å². The first kappa shape index (κ1) is 21.9. The zero-order valence-electron chi connectivity index (χ0n) is 19.7. The van der Waals surface area contributed by atoms with E-state index in [4.69, 9.17) is 4.74 Å². The lowest BCUT2D eigenvalue weighted by Gasteiger charge is -2.64. The van der Waals surface area contributed by atoms with Gasteiger partial charge in [-0.1, -0.05) is 50.2 Å². The van der Waals surface area contributed by atoms with E-state index in [0.717, 1.165) is 36.0 Å². The van der Waals surface area contributed by atoms with Crippen molar-refractivity contribution in [1.82, 2.24) is 5.43 Å². The van der Waals surface area contributed by atoms with Crippen LogP contribution in [0.1, 0.15) is 64.9 Å². The molecular formula is C28H32N2O3. The molecule has 0 aromatic heterocycles. The summed E-state index contributed by atoms with van der Waals surface area (Å²) in [5.74, 6) is 0.990. The molecule has 4 bridgehead atoms. The number of amides is 1. The highest BCUT2D eigenvalue weighted by Gasteiger charge is 2.62. The van der Waals surface area contributed by atoms with E-state index >= 15 is 0 Å². The van der Waals surface area contributed by atoms with E-state index in [1.165, 1.54) is 26.2 Å². The van der Waals surface area contributed by atoms with E-state index in [1.807, 2.05) is 36.4 Å². The summed E-state index contributed by atoms with van der Waals surface area (Å²) in [6.07, 6.45) is 8.55. The number of carbonyl (C=O) groups is 2. The van der Waals surface area contributed by atoms with Crippen molar-refractivity contribution in [2.24, 2.45) is 27.3 Å². The molecule has 33 heavy (non-hydrogen) atoms. The molecule has 5 heteroatoms. The van der Waals surface area contributed by atoms with Crippen molar-refractivity contribution >= 4 is 18.1 Å². The predicted octanol–water partition coefficient (Wildman–Crippen LogP) is 5.73. The molecule has 1 N–H and O–H groups in total. The second-order valence-corrected chi connectivity index (χ2v) is 11.3. The number of hydrogen-bond donors (Lipinski definition) is 1. The van der Waals surface area contributed by atoms with Crippen molar-refractivity contribution in [3.8, 4) is 16.9 Å². The van der Waals surface area contributed by atoms with Crippen LogP contribution in [0.4, 0.5) is 0 Å². The van der Waals surface area contributed by atoms with Gasteiger partial charge in [-0.15, -0.1) is 0 Å². The molecule has 0 heterocycles. The van der Waals surface area contributed by atoms with Gasteiger partial charge >= 0.3 is 5.97 Å². The van der Waals surface area contributed by atoms with Crippen molar-refractivity contribution in [1.29, 1.82) is 0 Å². The fraction of sp³-hybridized carbons (Fsp3) is 0.464. The number of nitrogens with zero attached hydrogens (tertiary/aromatic N) is 1. The van der Waals surface area contributed by atoms with Crippen LogP contribution in [0.2, 0.25) is 0 Å². The Hall–Kier alpha value is -2.95. The quantitative estimate of drug-likeness (QED) is 0.277. The largest absolute Gasteiger partial charge is 0.427 e. The van der Waals surface area contributed by atoms with Gasteiger partial charge in [-0.05, 0) is 84.1 Å². The standard InChI is InChI=1S/C28H32N2O3/c1-19(31)33-24-10-8-23(9-11-24)22-6-4-20(5-7-22)15-29-30-25(32)28-14-21-12-26(2,17-28)16-27(3,13-21)18-28/h4-11,15,21H,12-14,16-18H2,1-3H3,(H,30,32)/b29-15-/t21?,26-,27+,28?. The Balaban J connectivity index is 1.22. The van der Waals surface area contributed by atoms with Gasteiger partial charge in [-0.3, -0.25) is 9.59 Å². The zero-order chi connectivity index (χ0) is 23.3. The molecule has 4 aliphatic rings. The van der Waals surface area contributed by atoms with Gasteiger partial charge in [0.2, 0.25) is 5.91 Å². The minimum Gasteiger partial charge on any atom is -0.427 e. The number of nitrogens with one attached hydrogen (secondary N) is 1. The number of carbonyl (C=O) groups excluding carboxylic acids is 2. The normalized spacial score (nSPS) is 32.2. The zero-order valence-corrected chi connectivity index (χ0v) is 19.7. The second kappa shape index (κ2) is 7.82. The van der Waals surface area contributed by atoms with Crippen LogP contribution < -0.4 is 10.2 Å². The average Bonchev–Trinajstić information content (AvgIpc) is 2.72. The maximum Gasteiger partial charge on any atom is 0.308 e. The average molecular weight is 445 g/mol. The van der Waals surface area contributed by atoms with Gasteiger partial charge in [0.1, 0.15) is 5.75 Å². The Kier molecular flexibility index (Phi) is 5.19. The third-order valence-corrected chi connectivity index (χ3v) is 7.85. The summed E-state index contributed by atoms with van der Waals surface area (Å²) < 4.78 is 5.08. The summed E-state index contributed by atoms with van der Waals surface area (Å²) in [5.41, 5.74) is 6.27. The van der Waals surface area contributed by atoms with Gasteiger partial charge in [0, 0.05) is 6.92 Å². The minimum absolute atomic E-state index is 0.102. The first-order valence-corrected chi connectivity index (χ1v) is 11.9. The monoisotopic (exact) mass is 444 g/mol. The van der Waals surface area contributed by atoms with Crippen molar-refractivity contribution < 1.29 is 14.3 Å². The molecular weight excluding hydrogens is 412 g/mol. The van der Waals surface area contributed by atoms with Gasteiger partial charge in [0.25, 0.3) is 0 Å². The summed E-state index contributed by atoms with van der Waals surface area (Å²) in [5, 5.41) is 4.31. The first-order valence-electron chi connectivity index (χ1n) is 11.9. The molecule has 0 radical (unpaired) electrons. The molecule has 1 amide bonds. The predicted molar refractivity (Wildman–Crippen MR) is 129 cm³/mol. The van der Waals surface area contributed by atoms with Gasteiger partial charge in [0.15, 0.2) is 0 Å². The topological polar surface area (TPSA) is 67.8 Å². The van der Waals surface area contributed by atoms with Gasteiger partial charge < -0.3 is 4.74 Å². The summed E-state index contributed by atoms with van der Waals surface area (Å²) in [6.45, 7) is 6.15. The molecule has 0 saturated heterocycles. The van der Waals surface area contributed by atoms with E-state index in [1.54, 1.807) is 18.3 Å². The minimum atomic E-state index is -0.329. The van der Waals surface area contributed by atoms with Crippen molar-refractivity contribution in [2.75, 3.05) is 0 Å². The van der Waals surface area contributed by atoms with E-state index in [9.17, 15) is 9.59 Å². The van der Waals surface area contributed by atoms with E-state index in [-0.39, 0.29) is 17.3 Å². The summed E-state index contributed by atoms with van der Waals surface area (Å²) in [6, 6.07) is 15.4. The smallest absolute Gasteiger partial charge is 0.308 e. The van der Waals surface area contributed by atoms with Gasteiger partial charge in [0.05, 0.1) is 11.6 Å². The summed E-state index contributed by atoms with van der Waals surface area (Å²) in [7, 11) is 0. The summed E-state index contributed by atoms with van der Waals surface area (Å²) in [4.78, 5) is 24.3. The number of esters is 1. The maximum atomic E-state index is 13.2. The molecule has 5 nitrogen and oxygen atoms in total. The molecule has 4 fully saturated rings. The molecule has 4 aliphatic carbocycles. The lowest BCUT2D eigenvalue weighted by atomic mass is 9.40. The van der Waals surface area contributed by atoms with Crippen molar-refractivity contribution in [3.63, 3.8) is 0 Å². The summed E-state index contributed by atoms with van der Waals surface area (Å²) >= 11 is 0. The van der Waals surface area contributed by atoms with Crippen molar-refractivity contribution in [3.05, 3.63) is 54.1 Å². The Bertz CT molecular complexity index is 1080. The third-order valence-electron chi connectivity index (χ3n) is 7.85. The molecule has 4 saturated carbocycles. The first-order chi connectivity index (χ1) is 15.7. The third kappa shape index (κ3) is 4.33. The highest BCUT2D eigenvalue weighted by atomic mass is 16.5. The second-order valence-electron chi connectivity index (χ2n) is 11.3. The van der Waals surface area contributed by atoms with Crippen LogP contribution in [-0.2, 0) is 9.59 Å². The number of hydrogen-bond acceptors (Lipinski definition) is 4. The molecule has 172 valence electrons. The molecule has 4 atom stereocenters. The lowest BCUT2D eigenvalue weighted by molar-refractivity contribution is -0.170. The number of ether oxygens (including phenoxy) is 1. The van der Waals surface area contributed by atoms with E-state index in [0.29, 0.717) is 22.5 Å². The number of rotatable bonds is 5. The Labute approximate surface area is 195 Å². The van der Waals surface area contributed by atoms with Crippen LogP contribution in [0, 0.1) is 22.2 Å². The fourth-order valence-corrected chi connectivity index (χ4v) is 7.63. The number of hydrazone groups is 1. The Morgan fingerprint density at radius 1 is 0.909 bits per heavy atom. The van der Waals surface area contributed by atoms with Crippen LogP contribution >= 0.6 is 0 Å². The number of benzene rings is 2. The Morgan fingerprint density at radius 2 is 1.48 bits per heavy atom. The van der Waals surface area contributed by atoms with Gasteiger partial charge in [-0.25, -0.2) is 5.43 Å². The molecule has 0 spiro atoms. The molecule has 0 aliphatic heterocycles. The Morgan fingerprint density at radius 3 is 2.03 bits per heavy atom. The van der Waals surface area contributed by atoms with Crippen LogP contribution in [0.15, 0.2) is 53.6 Å². The molecule has 6 rings (SSSR count). The van der Waals surface area contributed by atoms with Crippen LogP contribution in [0.3, 0.4) is 0 Å². The SMILES string of the molecule is CC(=O)Oc1ccc(-c2ccc(/C=N\NC(=O)C34CC5C[C@@](C)(C3)C[C@](C)(C5)C4)cc2)cc1. The molecule has 2 aromatic carbocycles. The van der Waals surface area contributed by atoms with Crippen LogP contribution in [0.25, 0.3) is 11.1 Å². The van der Waals surface area contributed by atoms with Crippen LogP contribution in [0.5, 0.6) is 5.75 Å².